The van der Waals surface area contributed by atoms with Crippen LogP contribution in [0.1, 0.15) is 64.7 Å². The third-order valence-electron chi connectivity index (χ3n) is 5.96. The zero-order valence-electron chi connectivity index (χ0n) is 13.4. The van der Waals surface area contributed by atoms with Crippen LogP contribution >= 0.6 is 0 Å². The average molecular weight is 294 g/mol. The zero-order valence-corrected chi connectivity index (χ0v) is 13.4. The van der Waals surface area contributed by atoms with Crippen LogP contribution in [0, 0.1) is 5.92 Å². The van der Waals surface area contributed by atoms with Crippen LogP contribution in [0.4, 0.5) is 0 Å². The summed E-state index contributed by atoms with van der Waals surface area (Å²) in [4.78, 5) is 14.8. The van der Waals surface area contributed by atoms with Crippen molar-refractivity contribution < 1.29 is 9.53 Å². The third kappa shape index (κ3) is 2.98. The van der Waals surface area contributed by atoms with Crippen molar-refractivity contribution >= 4 is 5.97 Å². The number of carbonyl (C=O) groups excluding carboxylic acids is 1. The van der Waals surface area contributed by atoms with E-state index in [4.69, 9.17) is 10.5 Å². The van der Waals surface area contributed by atoms with Crippen molar-refractivity contribution in [2.45, 2.75) is 82.3 Å². The number of nitrogens with two attached hydrogens (primary N) is 1. The summed E-state index contributed by atoms with van der Waals surface area (Å²) in [5.74, 6) is 0.701. The van der Waals surface area contributed by atoms with Gasteiger partial charge >= 0.3 is 5.97 Å². The van der Waals surface area contributed by atoms with Gasteiger partial charge < -0.3 is 10.5 Å². The molecule has 0 amide bonds. The van der Waals surface area contributed by atoms with Crippen LogP contribution < -0.4 is 5.73 Å². The Hall–Kier alpha value is -0.610. The fourth-order valence-corrected chi connectivity index (χ4v) is 4.91. The van der Waals surface area contributed by atoms with Gasteiger partial charge in [0.05, 0.1) is 6.61 Å². The van der Waals surface area contributed by atoms with Crippen LogP contribution in [-0.4, -0.2) is 41.6 Å². The topological polar surface area (TPSA) is 55.6 Å². The first kappa shape index (κ1) is 15.3. The van der Waals surface area contributed by atoms with E-state index in [0.717, 1.165) is 31.2 Å². The van der Waals surface area contributed by atoms with E-state index in [-0.39, 0.29) is 5.97 Å². The average Bonchev–Trinajstić information content (AvgIpc) is 2.91. The fraction of sp³-hybridized carbons (Fsp3) is 0.941. The molecule has 0 radical (unpaired) electrons. The Balaban J connectivity index is 1.66. The molecule has 1 heterocycles. The van der Waals surface area contributed by atoms with Crippen molar-refractivity contribution in [3.63, 3.8) is 0 Å². The van der Waals surface area contributed by atoms with Crippen molar-refractivity contribution in [2.24, 2.45) is 11.7 Å². The van der Waals surface area contributed by atoms with Gasteiger partial charge in [0.25, 0.3) is 0 Å². The molecule has 0 spiro atoms. The first-order valence-electron chi connectivity index (χ1n) is 8.86. The molecule has 2 unspecified atom stereocenters. The number of rotatable bonds is 3. The Labute approximate surface area is 128 Å². The lowest BCUT2D eigenvalue weighted by Gasteiger charge is -2.47. The number of carbonyl (C=O) groups is 1. The molecule has 1 saturated heterocycles. The highest BCUT2D eigenvalue weighted by molar-refractivity contribution is 5.81. The van der Waals surface area contributed by atoms with Gasteiger partial charge in [-0.2, -0.15) is 0 Å². The predicted molar refractivity (Wildman–Crippen MR) is 82.9 cm³/mol. The van der Waals surface area contributed by atoms with E-state index in [1.54, 1.807) is 0 Å². The highest BCUT2D eigenvalue weighted by Crippen LogP contribution is 2.41. The van der Waals surface area contributed by atoms with Gasteiger partial charge in [-0.05, 0) is 64.3 Å². The fourth-order valence-electron chi connectivity index (χ4n) is 4.91. The van der Waals surface area contributed by atoms with E-state index in [1.807, 2.05) is 6.92 Å². The lowest BCUT2D eigenvalue weighted by molar-refractivity contribution is -0.149. The van der Waals surface area contributed by atoms with Crippen LogP contribution in [0.2, 0.25) is 0 Å². The highest BCUT2D eigenvalue weighted by Gasteiger charge is 2.47. The lowest BCUT2D eigenvalue weighted by Crippen LogP contribution is -2.53. The summed E-state index contributed by atoms with van der Waals surface area (Å²) in [6.07, 6.45) is 10.9. The van der Waals surface area contributed by atoms with Crippen molar-refractivity contribution in [2.75, 3.05) is 13.2 Å². The monoisotopic (exact) mass is 294 g/mol. The highest BCUT2D eigenvalue weighted by atomic mass is 16.5. The van der Waals surface area contributed by atoms with E-state index >= 15 is 0 Å². The Bertz CT molecular complexity index is 385. The smallest absolute Gasteiger partial charge is 0.326 e. The summed E-state index contributed by atoms with van der Waals surface area (Å²) in [5, 5.41) is 0. The third-order valence-corrected chi connectivity index (χ3v) is 5.96. The van der Waals surface area contributed by atoms with E-state index in [1.165, 1.54) is 45.1 Å². The molecule has 120 valence electrons. The first-order valence-corrected chi connectivity index (χ1v) is 8.86. The summed E-state index contributed by atoms with van der Waals surface area (Å²) in [5.41, 5.74) is 5.62. The van der Waals surface area contributed by atoms with Crippen LogP contribution in [-0.2, 0) is 9.53 Å². The predicted octanol–water partition coefficient (Wildman–Crippen LogP) is 2.45. The lowest BCUT2D eigenvalue weighted by atomic mass is 9.77. The first-order chi connectivity index (χ1) is 10.1. The molecular formula is C17H30N2O2. The number of nitrogens with zero attached hydrogens (tertiary/aromatic N) is 1. The van der Waals surface area contributed by atoms with Crippen LogP contribution in [0.25, 0.3) is 0 Å². The van der Waals surface area contributed by atoms with Gasteiger partial charge in [0.1, 0.15) is 5.54 Å². The molecule has 0 aromatic rings. The SMILES string of the molecule is CCOC(=O)C1(N)CCC(N2CCC[C@H]3CCCC[C@H]32)C1. The van der Waals surface area contributed by atoms with Crippen molar-refractivity contribution in [1.82, 2.24) is 4.90 Å². The van der Waals surface area contributed by atoms with Gasteiger partial charge in [-0.25, -0.2) is 0 Å². The van der Waals surface area contributed by atoms with Gasteiger partial charge in [-0.1, -0.05) is 12.8 Å². The zero-order chi connectivity index (χ0) is 14.9. The molecule has 2 saturated carbocycles. The number of hydrogen-bond donors (Lipinski definition) is 1. The summed E-state index contributed by atoms with van der Waals surface area (Å²) < 4.78 is 5.19. The summed E-state index contributed by atoms with van der Waals surface area (Å²) in [6.45, 7) is 3.48. The van der Waals surface area contributed by atoms with Crippen molar-refractivity contribution in [3.8, 4) is 0 Å². The largest absolute Gasteiger partial charge is 0.465 e. The van der Waals surface area contributed by atoms with Gasteiger partial charge in [-0.3, -0.25) is 9.69 Å². The Kier molecular flexibility index (Phi) is 4.55. The minimum atomic E-state index is -0.734. The normalized spacial score (nSPS) is 40.8. The quantitative estimate of drug-likeness (QED) is 0.812. The minimum Gasteiger partial charge on any atom is -0.465 e. The molecule has 4 nitrogen and oxygen atoms in total. The molecule has 1 aliphatic heterocycles. The molecule has 4 atom stereocenters. The second kappa shape index (κ2) is 6.25. The maximum Gasteiger partial charge on any atom is 0.326 e. The number of hydrogen-bond acceptors (Lipinski definition) is 4. The number of piperidine rings is 1. The molecule has 2 aliphatic carbocycles. The van der Waals surface area contributed by atoms with Crippen LogP contribution in [0.5, 0.6) is 0 Å². The van der Waals surface area contributed by atoms with Crippen molar-refractivity contribution in [1.29, 1.82) is 0 Å². The Morgan fingerprint density at radius 2 is 2.00 bits per heavy atom. The van der Waals surface area contributed by atoms with Gasteiger partial charge in [0.15, 0.2) is 0 Å². The molecule has 3 fully saturated rings. The van der Waals surface area contributed by atoms with E-state index in [2.05, 4.69) is 4.90 Å². The molecule has 4 heteroatoms. The summed E-state index contributed by atoms with van der Waals surface area (Å²) in [7, 11) is 0. The second-order valence-electron chi connectivity index (χ2n) is 7.27. The summed E-state index contributed by atoms with van der Waals surface area (Å²) >= 11 is 0. The standard InChI is InChI=1S/C17H30N2O2/c1-2-21-16(20)17(18)10-9-14(12-17)19-11-5-7-13-6-3-4-8-15(13)19/h13-15H,2-12,18H2,1H3/t13-,14?,15-,17?/m1/s1. The Morgan fingerprint density at radius 1 is 1.24 bits per heavy atom. The number of fused-ring (bicyclic) bond motifs is 1. The van der Waals surface area contributed by atoms with Crippen LogP contribution in [0.15, 0.2) is 0 Å². The molecule has 3 rings (SSSR count). The molecular weight excluding hydrogens is 264 g/mol. The maximum atomic E-state index is 12.1. The number of esters is 1. The number of ether oxygens (including phenoxy) is 1. The molecule has 2 N–H and O–H groups in total. The van der Waals surface area contributed by atoms with Crippen LogP contribution in [0.3, 0.4) is 0 Å². The Morgan fingerprint density at radius 3 is 2.81 bits per heavy atom. The maximum absolute atomic E-state index is 12.1. The van der Waals surface area contributed by atoms with Gasteiger partial charge in [0, 0.05) is 12.1 Å². The minimum absolute atomic E-state index is 0.190. The molecule has 0 bridgehead atoms. The summed E-state index contributed by atoms with van der Waals surface area (Å²) in [6, 6.07) is 1.24. The van der Waals surface area contributed by atoms with E-state index < -0.39 is 5.54 Å². The molecule has 21 heavy (non-hydrogen) atoms. The van der Waals surface area contributed by atoms with E-state index in [9.17, 15) is 4.79 Å². The number of likely N-dealkylation sites (tertiary alicyclic amines) is 1. The van der Waals surface area contributed by atoms with E-state index in [0.29, 0.717) is 12.6 Å². The molecule has 0 aromatic carbocycles. The van der Waals surface area contributed by atoms with Gasteiger partial charge in [0.2, 0.25) is 0 Å². The second-order valence-corrected chi connectivity index (χ2v) is 7.27. The molecule has 3 aliphatic rings. The van der Waals surface area contributed by atoms with Gasteiger partial charge in [-0.15, -0.1) is 0 Å². The van der Waals surface area contributed by atoms with Crippen molar-refractivity contribution in [3.05, 3.63) is 0 Å². The molecule has 0 aromatic heterocycles.